The van der Waals surface area contributed by atoms with E-state index >= 15 is 0 Å². The summed E-state index contributed by atoms with van der Waals surface area (Å²) in [6.45, 7) is 5.27. The normalized spacial score (nSPS) is 12.7. The van der Waals surface area contributed by atoms with Gasteiger partial charge in [0, 0.05) is 23.4 Å². The first-order chi connectivity index (χ1) is 18.9. The fourth-order valence-electron chi connectivity index (χ4n) is 4.62. The Morgan fingerprint density at radius 1 is 0.667 bits per heavy atom. The third-order valence-corrected chi connectivity index (χ3v) is 6.83. The summed E-state index contributed by atoms with van der Waals surface area (Å²) in [5.41, 5.74) is 9.33. The number of azo groups is 1. The lowest BCUT2D eigenvalue weighted by molar-refractivity contribution is -0.868. The first kappa shape index (κ1) is 26.2. The third-order valence-electron chi connectivity index (χ3n) is 6.83. The smallest absolute Gasteiger partial charge is 0.101 e. The summed E-state index contributed by atoms with van der Waals surface area (Å²) in [6.07, 6.45) is 1.77. The molecule has 0 fully saturated rings. The summed E-state index contributed by atoms with van der Waals surface area (Å²) in [5.74, 6) is 0. The Kier molecular flexibility index (Phi) is 7.75. The quantitative estimate of drug-likeness (QED) is 0.0868. The summed E-state index contributed by atoms with van der Waals surface area (Å²) in [4.78, 5) is 2.39. The number of hydrogen-bond acceptors (Lipinski definition) is 5. The highest BCUT2D eigenvalue weighted by Gasteiger charge is 2.23. The largest absolute Gasteiger partial charge is 0.366 e. The van der Waals surface area contributed by atoms with E-state index in [2.05, 4.69) is 102 Å². The Hall–Kier alpha value is -4.42. The number of quaternary nitrogens is 1. The lowest BCUT2D eigenvalue weighted by Crippen LogP contribution is -2.42. The molecule has 0 N–H and O–H groups in total. The van der Waals surface area contributed by atoms with Crippen LogP contribution in [0.3, 0.4) is 0 Å². The van der Waals surface area contributed by atoms with E-state index < -0.39 is 0 Å². The predicted octanol–water partition coefficient (Wildman–Crippen LogP) is 7.49. The molecule has 0 atom stereocenters. The number of anilines is 1. The zero-order valence-electron chi connectivity index (χ0n) is 23.1. The minimum atomic E-state index is 0.791. The molecule has 0 unspecified atom stereocenters. The zero-order chi connectivity index (χ0) is 27.2. The average molecular weight is 516 g/mol. The highest BCUT2D eigenvalue weighted by Crippen LogP contribution is 2.36. The van der Waals surface area contributed by atoms with Gasteiger partial charge < -0.3 is 9.38 Å². The van der Waals surface area contributed by atoms with Crippen LogP contribution in [-0.4, -0.2) is 57.2 Å². The van der Waals surface area contributed by atoms with Gasteiger partial charge in [0.25, 0.3) is 0 Å². The molecule has 0 aromatic heterocycles. The van der Waals surface area contributed by atoms with Gasteiger partial charge in [-0.25, -0.2) is 0 Å². The van der Waals surface area contributed by atoms with Crippen molar-refractivity contribution in [2.24, 2.45) is 20.4 Å². The van der Waals surface area contributed by atoms with Crippen LogP contribution in [0, 0.1) is 0 Å². The van der Waals surface area contributed by atoms with Gasteiger partial charge in [0.15, 0.2) is 0 Å². The molecular weight excluding hydrogens is 480 g/mol. The minimum Gasteiger partial charge on any atom is -0.366 e. The van der Waals surface area contributed by atoms with E-state index in [1.165, 1.54) is 16.8 Å². The average Bonchev–Trinajstić information content (AvgIpc) is 3.27. The standard InChI is InChI=1S/C33H35N6/c1-5-38(22-23-39(2,3)4)28-20-18-27(19-21-28)36-35-26-16-14-25(15-17-26)24-34-37-33-31-12-8-6-10-29(31)30-11-7-9-13-32(30)33/h6-21,24H,5,22-23H2,1-4H3/q+1/b34-24+,36-35+. The Morgan fingerprint density at radius 2 is 1.18 bits per heavy atom. The molecule has 1 aliphatic carbocycles. The molecule has 39 heavy (non-hydrogen) atoms. The third kappa shape index (κ3) is 6.36. The Morgan fingerprint density at radius 3 is 1.69 bits per heavy atom. The summed E-state index contributed by atoms with van der Waals surface area (Å²) in [5, 5.41) is 17.8. The number of hydrogen-bond donors (Lipinski definition) is 0. The maximum atomic E-state index is 4.59. The highest BCUT2D eigenvalue weighted by molar-refractivity contribution is 6.24. The van der Waals surface area contributed by atoms with E-state index in [1.54, 1.807) is 6.21 Å². The van der Waals surface area contributed by atoms with Crippen LogP contribution in [-0.2, 0) is 0 Å². The SMILES string of the molecule is CCN(CC[N+](C)(C)C)c1ccc(/N=N/c2ccc(/C=N/N=C3c4ccccc4-c4ccccc43)cc2)cc1. The molecule has 1 aliphatic rings. The summed E-state index contributed by atoms with van der Waals surface area (Å²) < 4.78 is 0.949. The summed E-state index contributed by atoms with van der Waals surface area (Å²) >= 11 is 0. The molecule has 4 aromatic rings. The van der Waals surface area contributed by atoms with Crippen LogP contribution in [0.5, 0.6) is 0 Å². The predicted molar refractivity (Wildman–Crippen MR) is 163 cm³/mol. The molecular formula is C33H35N6+. The molecule has 6 nitrogen and oxygen atoms in total. The Bertz CT molecular complexity index is 1460. The monoisotopic (exact) mass is 515 g/mol. The van der Waals surface area contributed by atoms with Crippen molar-refractivity contribution in [3.63, 3.8) is 0 Å². The Balaban J connectivity index is 1.23. The van der Waals surface area contributed by atoms with Gasteiger partial charge in [-0.05, 0) is 60.0 Å². The number of nitrogens with zero attached hydrogens (tertiary/aromatic N) is 6. The van der Waals surface area contributed by atoms with E-state index in [9.17, 15) is 0 Å². The van der Waals surface area contributed by atoms with Crippen molar-refractivity contribution in [2.45, 2.75) is 6.92 Å². The van der Waals surface area contributed by atoms with E-state index in [0.717, 1.165) is 57.9 Å². The van der Waals surface area contributed by atoms with Crippen LogP contribution in [0.4, 0.5) is 17.1 Å². The van der Waals surface area contributed by atoms with Crippen molar-refractivity contribution in [3.05, 3.63) is 114 Å². The molecule has 5 rings (SSSR count). The Labute approximate surface area is 231 Å². The van der Waals surface area contributed by atoms with Crippen LogP contribution in [0.15, 0.2) is 117 Å². The van der Waals surface area contributed by atoms with Crippen LogP contribution >= 0.6 is 0 Å². The molecule has 4 aromatic carbocycles. The van der Waals surface area contributed by atoms with E-state index in [4.69, 9.17) is 0 Å². The number of likely N-dealkylation sites (N-methyl/N-ethyl adjacent to an activating group) is 2. The first-order valence-electron chi connectivity index (χ1n) is 13.4. The molecule has 0 saturated heterocycles. The molecule has 0 spiro atoms. The minimum absolute atomic E-state index is 0.791. The number of rotatable bonds is 9. The maximum Gasteiger partial charge on any atom is 0.101 e. The van der Waals surface area contributed by atoms with E-state index in [0.29, 0.717) is 0 Å². The van der Waals surface area contributed by atoms with Crippen LogP contribution in [0.1, 0.15) is 23.6 Å². The van der Waals surface area contributed by atoms with Gasteiger partial charge in [0.1, 0.15) is 5.71 Å². The van der Waals surface area contributed by atoms with Crippen LogP contribution < -0.4 is 4.90 Å². The molecule has 196 valence electrons. The first-order valence-corrected chi connectivity index (χ1v) is 13.4. The molecule has 0 amide bonds. The molecule has 6 heteroatoms. The van der Waals surface area contributed by atoms with E-state index in [-0.39, 0.29) is 0 Å². The van der Waals surface area contributed by atoms with Crippen molar-refractivity contribution in [2.75, 3.05) is 45.7 Å². The van der Waals surface area contributed by atoms with Crippen molar-refractivity contribution in [3.8, 4) is 11.1 Å². The summed E-state index contributed by atoms with van der Waals surface area (Å²) in [7, 11) is 6.67. The number of fused-ring (bicyclic) bond motifs is 3. The van der Waals surface area contributed by atoms with Gasteiger partial charge in [0.05, 0.1) is 51.8 Å². The van der Waals surface area contributed by atoms with Crippen LogP contribution in [0.2, 0.25) is 0 Å². The topological polar surface area (TPSA) is 52.7 Å². The second-order valence-corrected chi connectivity index (χ2v) is 10.7. The lowest BCUT2D eigenvalue weighted by Gasteiger charge is -2.29. The van der Waals surface area contributed by atoms with Crippen LogP contribution in [0.25, 0.3) is 11.1 Å². The molecule has 0 bridgehead atoms. The fraction of sp³-hybridized carbons (Fsp3) is 0.212. The van der Waals surface area contributed by atoms with Crippen molar-refractivity contribution in [1.29, 1.82) is 0 Å². The maximum absolute atomic E-state index is 4.59. The van der Waals surface area contributed by atoms with Gasteiger partial charge in [-0.15, -0.1) is 5.10 Å². The van der Waals surface area contributed by atoms with Gasteiger partial charge in [-0.2, -0.15) is 15.3 Å². The van der Waals surface area contributed by atoms with Gasteiger partial charge in [0.2, 0.25) is 0 Å². The van der Waals surface area contributed by atoms with Crippen molar-refractivity contribution < 1.29 is 4.48 Å². The zero-order valence-corrected chi connectivity index (χ0v) is 23.1. The molecule has 0 heterocycles. The highest BCUT2D eigenvalue weighted by atomic mass is 15.3. The number of benzene rings is 4. The van der Waals surface area contributed by atoms with Crippen molar-refractivity contribution in [1.82, 2.24) is 0 Å². The molecule has 0 aliphatic heterocycles. The fourth-order valence-corrected chi connectivity index (χ4v) is 4.62. The van der Waals surface area contributed by atoms with Gasteiger partial charge in [-0.1, -0.05) is 60.7 Å². The second-order valence-electron chi connectivity index (χ2n) is 10.7. The lowest BCUT2D eigenvalue weighted by atomic mass is 10.1. The second kappa shape index (κ2) is 11.5. The molecule has 0 radical (unpaired) electrons. The molecule has 0 saturated carbocycles. The van der Waals surface area contributed by atoms with Gasteiger partial charge in [-0.3, -0.25) is 0 Å². The summed E-state index contributed by atoms with van der Waals surface area (Å²) in [6, 6.07) is 32.8. The van der Waals surface area contributed by atoms with E-state index in [1.807, 2.05) is 48.5 Å². The van der Waals surface area contributed by atoms with Gasteiger partial charge >= 0.3 is 0 Å². The van der Waals surface area contributed by atoms with Crippen molar-refractivity contribution >= 4 is 29.0 Å².